The van der Waals surface area contributed by atoms with Gasteiger partial charge >= 0.3 is 0 Å². The van der Waals surface area contributed by atoms with Gasteiger partial charge in [0.1, 0.15) is 11.5 Å². The summed E-state index contributed by atoms with van der Waals surface area (Å²) in [6.07, 6.45) is 4.43. The molecule has 118 valence electrons. The molecule has 22 heavy (non-hydrogen) atoms. The Hall–Kier alpha value is -1.20. The average molecular weight is 386 g/mol. The Balaban J connectivity index is 1.80. The fraction of sp³-hybridized carbons (Fsp3) is 0.438. The summed E-state index contributed by atoms with van der Waals surface area (Å²) >= 11 is 9.63. The third kappa shape index (κ3) is 3.25. The monoisotopic (exact) mass is 384 g/mol. The SMILES string of the molecule is CCOc1c(Br)cc(Cl)cc1NCc1noc2c1CCCC2. The fourth-order valence-corrected chi connectivity index (χ4v) is 3.67. The summed E-state index contributed by atoms with van der Waals surface area (Å²) in [5.41, 5.74) is 3.10. The minimum atomic E-state index is 0.592. The molecule has 4 nitrogen and oxygen atoms in total. The Morgan fingerprint density at radius 2 is 2.18 bits per heavy atom. The van der Waals surface area contributed by atoms with Crippen molar-refractivity contribution in [1.82, 2.24) is 5.16 Å². The van der Waals surface area contributed by atoms with Crippen molar-refractivity contribution in [2.45, 2.75) is 39.2 Å². The Morgan fingerprint density at radius 3 is 3.00 bits per heavy atom. The number of aromatic nitrogens is 1. The molecule has 0 aliphatic heterocycles. The molecule has 6 heteroatoms. The van der Waals surface area contributed by atoms with Gasteiger partial charge in [0, 0.05) is 17.0 Å². The summed E-state index contributed by atoms with van der Waals surface area (Å²) < 4.78 is 12.0. The quantitative estimate of drug-likeness (QED) is 0.788. The zero-order chi connectivity index (χ0) is 15.5. The van der Waals surface area contributed by atoms with Crippen LogP contribution in [0.15, 0.2) is 21.1 Å². The number of hydrogen-bond donors (Lipinski definition) is 1. The van der Waals surface area contributed by atoms with Crippen LogP contribution < -0.4 is 10.1 Å². The van der Waals surface area contributed by atoms with Crippen molar-refractivity contribution in [2.75, 3.05) is 11.9 Å². The molecule has 0 atom stereocenters. The number of aryl methyl sites for hydroxylation is 1. The van der Waals surface area contributed by atoms with E-state index in [-0.39, 0.29) is 0 Å². The van der Waals surface area contributed by atoms with Gasteiger partial charge in [0.25, 0.3) is 0 Å². The standard InChI is InChI=1S/C16H18BrClN2O2/c1-2-21-16-12(17)7-10(18)8-13(16)19-9-14-11-5-3-4-6-15(11)22-20-14/h7-8,19H,2-6,9H2,1H3. The maximum atomic E-state index is 6.14. The molecule has 1 N–H and O–H groups in total. The molecule has 0 spiro atoms. The highest BCUT2D eigenvalue weighted by molar-refractivity contribution is 9.10. The van der Waals surface area contributed by atoms with Crippen LogP contribution in [0.5, 0.6) is 5.75 Å². The van der Waals surface area contributed by atoms with Crippen LogP contribution in [-0.4, -0.2) is 11.8 Å². The maximum absolute atomic E-state index is 6.14. The number of benzene rings is 1. The van der Waals surface area contributed by atoms with Crippen LogP contribution in [0.2, 0.25) is 5.02 Å². The average Bonchev–Trinajstić information content (AvgIpc) is 2.91. The molecule has 0 saturated heterocycles. The van der Waals surface area contributed by atoms with E-state index in [0.29, 0.717) is 18.2 Å². The normalized spacial score (nSPS) is 13.8. The van der Waals surface area contributed by atoms with Crippen LogP contribution in [0, 0.1) is 0 Å². The molecule has 0 amide bonds. The highest BCUT2D eigenvalue weighted by Crippen LogP contribution is 2.37. The topological polar surface area (TPSA) is 47.3 Å². The van der Waals surface area contributed by atoms with Gasteiger partial charge in [-0.15, -0.1) is 0 Å². The Morgan fingerprint density at radius 1 is 1.36 bits per heavy atom. The second kappa shape index (κ2) is 6.92. The van der Waals surface area contributed by atoms with Gasteiger partial charge in [-0.05, 0) is 54.2 Å². The summed E-state index contributed by atoms with van der Waals surface area (Å²) in [6, 6.07) is 3.69. The van der Waals surface area contributed by atoms with Crippen LogP contribution in [0.1, 0.15) is 36.8 Å². The summed E-state index contributed by atoms with van der Waals surface area (Å²) in [7, 11) is 0. The minimum absolute atomic E-state index is 0.592. The number of nitrogens with one attached hydrogen (secondary N) is 1. The van der Waals surface area contributed by atoms with E-state index in [1.165, 1.54) is 18.4 Å². The highest BCUT2D eigenvalue weighted by atomic mass is 79.9. The first-order chi connectivity index (χ1) is 10.7. The van der Waals surface area contributed by atoms with Crippen molar-refractivity contribution in [1.29, 1.82) is 0 Å². The van der Waals surface area contributed by atoms with E-state index in [1.807, 2.05) is 19.1 Å². The summed E-state index contributed by atoms with van der Waals surface area (Å²) in [5.74, 6) is 1.81. The van der Waals surface area contributed by atoms with Crippen molar-refractivity contribution >= 4 is 33.2 Å². The predicted octanol–water partition coefficient (Wildman–Crippen LogP) is 4.98. The van der Waals surface area contributed by atoms with E-state index in [4.69, 9.17) is 20.9 Å². The first kappa shape index (κ1) is 15.7. The van der Waals surface area contributed by atoms with E-state index >= 15 is 0 Å². The summed E-state index contributed by atoms with van der Waals surface area (Å²) in [5, 5.41) is 8.23. The Bertz CT molecular complexity index is 672. The van der Waals surface area contributed by atoms with Crippen molar-refractivity contribution in [2.24, 2.45) is 0 Å². The highest BCUT2D eigenvalue weighted by Gasteiger charge is 2.19. The van der Waals surface area contributed by atoms with E-state index in [0.717, 1.165) is 40.2 Å². The third-order valence-electron chi connectivity index (χ3n) is 3.77. The number of anilines is 1. The van der Waals surface area contributed by atoms with E-state index in [9.17, 15) is 0 Å². The number of rotatable bonds is 5. The molecule has 1 heterocycles. The fourth-order valence-electron chi connectivity index (χ4n) is 2.75. The molecule has 1 aliphatic rings. The molecule has 1 aliphatic carbocycles. The van der Waals surface area contributed by atoms with Gasteiger partial charge in [0.15, 0.2) is 5.75 Å². The second-order valence-corrected chi connectivity index (χ2v) is 6.58. The van der Waals surface area contributed by atoms with E-state index < -0.39 is 0 Å². The van der Waals surface area contributed by atoms with Crippen molar-refractivity contribution in [3.05, 3.63) is 38.6 Å². The van der Waals surface area contributed by atoms with Gasteiger partial charge in [0.05, 0.1) is 23.3 Å². The van der Waals surface area contributed by atoms with Gasteiger partial charge in [0.2, 0.25) is 0 Å². The van der Waals surface area contributed by atoms with Gasteiger partial charge in [-0.3, -0.25) is 0 Å². The predicted molar refractivity (Wildman–Crippen MR) is 90.8 cm³/mol. The number of fused-ring (bicyclic) bond motifs is 1. The zero-order valence-corrected chi connectivity index (χ0v) is 14.8. The van der Waals surface area contributed by atoms with Gasteiger partial charge in [-0.25, -0.2) is 0 Å². The Kier molecular flexibility index (Phi) is 4.93. The lowest BCUT2D eigenvalue weighted by Crippen LogP contribution is -2.07. The first-order valence-electron chi connectivity index (χ1n) is 7.51. The van der Waals surface area contributed by atoms with Gasteiger partial charge in [-0.2, -0.15) is 0 Å². The number of ether oxygens (including phenoxy) is 1. The summed E-state index contributed by atoms with van der Waals surface area (Å²) in [4.78, 5) is 0. The number of halogens is 2. The zero-order valence-electron chi connectivity index (χ0n) is 12.4. The molecule has 3 rings (SSSR count). The largest absolute Gasteiger partial charge is 0.491 e. The van der Waals surface area contributed by atoms with E-state index in [2.05, 4.69) is 26.4 Å². The Labute approximate surface area is 143 Å². The van der Waals surface area contributed by atoms with E-state index in [1.54, 1.807) is 0 Å². The molecule has 1 aromatic carbocycles. The van der Waals surface area contributed by atoms with Crippen LogP contribution in [-0.2, 0) is 19.4 Å². The molecule has 0 saturated carbocycles. The third-order valence-corrected chi connectivity index (χ3v) is 4.58. The molecule has 0 radical (unpaired) electrons. The first-order valence-corrected chi connectivity index (χ1v) is 8.68. The number of nitrogens with zero attached hydrogens (tertiary/aromatic N) is 1. The van der Waals surface area contributed by atoms with Crippen molar-refractivity contribution < 1.29 is 9.26 Å². The van der Waals surface area contributed by atoms with Gasteiger partial charge < -0.3 is 14.6 Å². The maximum Gasteiger partial charge on any atom is 0.156 e. The second-order valence-electron chi connectivity index (χ2n) is 5.29. The molecular weight excluding hydrogens is 368 g/mol. The molecule has 2 aromatic rings. The molecule has 0 bridgehead atoms. The summed E-state index contributed by atoms with van der Waals surface area (Å²) in [6.45, 7) is 3.15. The van der Waals surface area contributed by atoms with Gasteiger partial charge in [-0.1, -0.05) is 16.8 Å². The molecule has 1 aromatic heterocycles. The van der Waals surface area contributed by atoms with Crippen molar-refractivity contribution in [3.63, 3.8) is 0 Å². The lowest BCUT2D eigenvalue weighted by atomic mass is 9.96. The van der Waals surface area contributed by atoms with Crippen LogP contribution in [0.25, 0.3) is 0 Å². The van der Waals surface area contributed by atoms with Crippen LogP contribution in [0.3, 0.4) is 0 Å². The van der Waals surface area contributed by atoms with Crippen LogP contribution in [0.4, 0.5) is 5.69 Å². The molecule has 0 fully saturated rings. The minimum Gasteiger partial charge on any atom is -0.491 e. The smallest absolute Gasteiger partial charge is 0.156 e. The molecule has 0 unspecified atom stereocenters. The number of hydrogen-bond acceptors (Lipinski definition) is 4. The lowest BCUT2D eigenvalue weighted by Gasteiger charge is -2.15. The molecular formula is C16H18BrClN2O2. The van der Waals surface area contributed by atoms with Crippen molar-refractivity contribution in [3.8, 4) is 5.75 Å². The van der Waals surface area contributed by atoms with Crippen LogP contribution >= 0.6 is 27.5 Å². The lowest BCUT2D eigenvalue weighted by molar-refractivity contribution is 0.339.